The fourth-order valence-corrected chi connectivity index (χ4v) is 4.16. The number of aromatic nitrogens is 4. The van der Waals surface area contributed by atoms with E-state index >= 15 is 0 Å². The van der Waals surface area contributed by atoms with Crippen LogP contribution in [-0.2, 0) is 0 Å². The molecule has 0 bridgehead atoms. The van der Waals surface area contributed by atoms with Gasteiger partial charge >= 0.3 is 0 Å². The van der Waals surface area contributed by atoms with Crippen molar-refractivity contribution in [2.45, 2.75) is 19.3 Å². The van der Waals surface area contributed by atoms with Gasteiger partial charge in [0.15, 0.2) is 5.65 Å². The Bertz CT molecular complexity index is 1160. The molecule has 0 unspecified atom stereocenters. The molecular weight excluding hydrogens is 405 g/mol. The Labute approximate surface area is 178 Å². The predicted octanol–water partition coefficient (Wildman–Crippen LogP) is 5.76. The van der Waals surface area contributed by atoms with E-state index in [1.54, 1.807) is 0 Å². The summed E-state index contributed by atoms with van der Waals surface area (Å²) < 4.78 is 1.84. The second-order valence-electron chi connectivity index (χ2n) is 7.21. The van der Waals surface area contributed by atoms with Gasteiger partial charge in [-0.15, -0.1) is 10.2 Å². The molecule has 0 N–H and O–H groups in total. The monoisotopic (exact) mass is 423 g/mol. The van der Waals surface area contributed by atoms with Crippen LogP contribution >= 0.6 is 23.2 Å². The molecular formula is C22H19Cl2N5. The largest absolute Gasteiger partial charge is 0.339 e. The quantitative estimate of drug-likeness (QED) is 0.420. The smallest absolute Gasteiger partial charge is 0.248 e. The minimum absolute atomic E-state index is 0.655. The first-order valence-corrected chi connectivity index (χ1v) is 10.5. The minimum Gasteiger partial charge on any atom is -0.339 e. The summed E-state index contributed by atoms with van der Waals surface area (Å²) in [4.78, 5) is 2.26. The summed E-state index contributed by atoms with van der Waals surface area (Å²) in [6.07, 6.45) is 3.58. The third kappa shape index (κ3) is 3.45. The molecule has 4 aromatic rings. The lowest BCUT2D eigenvalue weighted by atomic mass is 10.00. The summed E-state index contributed by atoms with van der Waals surface area (Å²) in [5.41, 5.74) is 4.33. The van der Waals surface area contributed by atoms with Crippen LogP contribution < -0.4 is 4.90 Å². The van der Waals surface area contributed by atoms with Crippen LogP contribution in [0.4, 0.5) is 5.95 Å². The fourth-order valence-electron chi connectivity index (χ4n) is 3.81. The number of halogens is 2. The first-order valence-electron chi connectivity index (χ1n) is 9.73. The first kappa shape index (κ1) is 18.4. The Hall–Kier alpha value is -2.63. The van der Waals surface area contributed by atoms with Crippen LogP contribution in [0.3, 0.4) is 0 Å². The normalized spacial score (nSPS) is 14.5. The van der Waals surface area contributed by atoms with Gasteiger partial charge in [-0.2, -0.15) is 9.61 Å². The standard InChI is InChI=1S/C22H19Cl2N5/c23-16-10-8-15(9-11-16)18-14-20-25-26-22(28-12-4-1-5-13-28)29(20)27-21(18)17-6-2-3-7-19(17)24/h2-3,6-11,14H,1,4-5,12-13H2. The van der Waals surface area contributed by atoms with E-state index in [-0.39, 0.29) is 0 Å². The van der Waals surface area contributed by atoms with Gasteiger partial charge < -0.3 is 4.90 Å². The van der Waals surface area contributed by atoms with Crippen molar-refractivity contribution in [2.24, 2.45) is 0 Å². The molecule has 1 fully saturated rings. The highest BCUT2D eigenvalue weighted by molar-refractivity contribution is 6.33. The summed E-state index contributed by atoms with van der Waals surface area (Å²) >= 11 is 12.6. The zero-order valence-electron chi connectivity index (χ0n) is 15.7. The van der Waals surface area contributed by atoms with Crippen molar-refractivity contribution < 1.29 is 0 Å². The Kier molecular flexibility index (Phi) is 4.86. The van der Waals surface area contributed by atoms with E-state index in [9.17, 15) is 0 Å². The third-order valence-electron chi connectivity index (χ3n) is 5.30. The van der Waals surface area contributed by atoms with E-state index in [0.717, 1.165) is 54.3 Å². The van der Waals surface area contributed by atoms with Gasteiger partial charge in [0, 0.05) is 29.2 Å². The van der Waals surface area contributed by atoms with Gasteiger partial charge in [-0.05, 0) is 49.1 Å². The van der Waals surface area contributed by atoms with Gasteiger partial charge in [0.05, 0.1) is 5.02 Å². The van der Waals surface area contributed by atoms with Crippen molar-refractivity contribution in [3.05, 3.63) is 64.6 Å². The Morgan fingerprint density at radius 2 is 1.55 bits per heavy atom. The van der Waals surface area contributed by atoms with Crippen molar-refractivity contribution in [3.63, 3.8) is 0 Å². The molecule has 1 saturated heterocycles. The number of anilines is 1. The van der Waals surface area contributed by atoms with Crippen LogP contribution in [0.1, 0.15) is 19.3 Å². The van der Waals surface area contributed by atoms with Crippen molar-refractivity contribution >= 4 is 34.8 Å². The van der Waals surface area contributed by atoms with Gasteiger partial charge in [0.1, 0.15) is 5.69 Å². The Morgan fingerprint density at radius 3 is 2.31 bits per heavy atom. The van der Waals surface area contributed by atoms with Crippen molar-refractivity contribution in [3.8, 4) is 22.4 Å². The van der Waals surface area contributed by atoms with Crippen molar-refractivity contribution in [1.82, 2.24) is 19.8 Å². The average Bonchev–Trinajstić information content (AvgIpc) is 3.17. The molecule has 29 heavy (non-hydrogen) atoms. The van der Waals surface area contributed by atoms with Gasteiger partial charge in [-0.25, -0.2) is 0 Å². The number of nitrogens with zero attached hydrogens (tertiary/aromatic N) is 5. The first-order chi connectivity index (χ1) is 14.2. The van der Waals surface area contributed by atoms with E-state index in [1.165, 1.54) is 6.42 Å². The molecule has 1 aliphatic rings. The maximum absolute atomic E-state index is 6.54. The molecule has 1 aliphatic heterocycles. The van der Waals surface area contributed by atoms with Crippen LogP contribution in [0.5, 0.6) is 0 Å². The number of hydrogen-bond acceptors (Lipinski definition) is 4. The molecule has 2 aromatic heterocycles. The molecule has 0 radical (unpaired) electrons. The highest BCUT2D eigenvalue weighted by atomic mass is 35.5. The molecule has 0 atom stereocenters. The lowest BCUT2D eigenvalue weighted by Crippen LogP contribution is -2.31. The summed E-state index contributed by atoms with van der Waals surface area (Å²) in [5.74, 6) is 0.788. The second kappa shape index (κ2) is 7.65. The lowest BCUT2D eigenvalue weighted by molar-refractivity contribution is 0.563. The van der Waals surface area contributed by atoms with Crippen molar-refractivity contribution in [1.29, 1.82) is 0 Å². The number of fused-ring (bicyclic) bond motifs is 1. The second-order valence-corrected chi connectivity index (χ2v) is 8.05. The highest BCUT2D eigenvalue weighted by Gasteiger charge is 2.21. The molecule has 3 heterocycles. The van der Waals surface area contributed by atoms with E-state index in [1.807, 2.05) is 59.1 Å². The van der Waals surface area contributed by atoms with Crippen LogP contribution in [0, 0.1) is 0 Å². The molecule has 0 amide bonds. The average molecular weight is 424 g/mol. The molecule has 7 heteroatoms. The van der Waals surface area contributed by atoms with E-state index in [0.29, 0.717) is 15.7 Å². The summed E-state index contributed by atoms with van der Waals surface area (Å²) in [6.45, 7) is 1.95. The minimum atomic E-state index is 0.655. The molecule has 5 nitrogen and oxygen atoms in total. The topological polar surface area (TPSA) is 46.3 Å². The summed E-state index contributed by atoms with van der Waals surface area (Å²) in [5, 5.41) is 15.2. The Balaban J connectivity index is 1.74. The Morgan fingerprint density at radius 1 is 0.793 bits per heavy atom. The molecule has 0 spiro atoms. The predicted molar refractivity (Wildman–Crippen MR) is 118 cm³/mol. The van der Waals surface area contributed by atoms with Crippen molar-refractivity contribution in [2.75, 3.05) is 18.0 Å². The van der Waals surface area contributed by atoms with E-state index < -0.39 is 0 Å². The van der Waals surface area contributed by atoms with E-state index in [2.05, 4.69) is 15.1 Å². The number of benzene rings is 2. The number of hydrogen-bond donors (Lipinski definition) is 0. The fraction of sp³-hybridized carbons (Fsp3) is 0.227. The number of rotatable bonds is 3. The van der Waals surface area contributed by atoms with Crippen LogP contribution in [0.15, 0.2) is 54.6 Å². The molecule has 0 saturated carbocycles. The summed E-state index contributed by atoms with van der Waals surface area (Å²) in [6, 6.07) is 17.5. The zero-order chi connectivity index (χ0) is 19.8. The van der Waals surface area contributed by atoms with Crippen LogP contribution in [-0.4, -0.2) is 32.9 Å². The SMILES string of the molecule is Clc1ccc(-c2cc3nnc(N4CCCCC4)n3nc2-c2ccccc2Cl)cc1. The maximum Gasteiger partial charge on any atom is 0.248 e. The van der Waals surface area contributed by atoms with Crippen LogP contribution in [0.25, 0.3) is 28.0 Å². The van der Waals surface area contributed by atoms with Gasteiger partial charge in [-0.3, -0.25) is 0 Å². The highest BCUT2D eigenvalue weighted by Crippen LogP contribution is 2.36. The zero-order valence-corrected chi connectivity index (χ0v) is 17.2. The van der Waals surface area contributed by atoms with Gasteiger partial charge in [0.25, 0.3) is 0 Å². The third-order valence-corrected chi connectivity index (χ3v) is 5.88. The number of piperidine rings is 1. The molecule has 2 aromatic carbocycles. The van der Waals surface area contributed by atoms with E-state index in [4.69, 9.17) is 28.3 Å². The molecule has 146 valence electrons. The van der Waals surface area contributed by atoms with Crippen LogP contribution in [0.2, 0.25) is 10.0 Å². The molecule has 0 aliphatic carbocycles. The summed E-state index contributed by atoms with van der Waals surface area (Å²) in [7, 11) is 0. The van der Waals surface area contributed by atoms with Gasteiger partial charge in [0.2, 0.25) is 5.95 Å². The van der Waals surface area contributed by atoms with Gasteiger partial charge in [-0.1, -0.05) is 53.5 Å². The maximum atomic E-state index is 6.54. The molecule has 5 rings (SSSR count). The lowest BCUT2D eigenvalue weighted by Gasteiger charge is -2.26.